The van der Waals surface area contributed by atoms with Gasteiger partial charge in [-0.05, 0) is 58.7 Å². The number of morpholine rings is 1. The summed E-state index contributed by atoms with van der Waals surface area (Å²) in [6.07, 6.45) is 0.926. The number of methoxy groups -OCH3 is 1. The smallest absolute Gasteiger partial charge is 0.339 e. The van der Waals surface area contributed by atoms with Crippen molar-refractivity contribution in [1.29, 1.82) is 0 Å². The van der Waals surface area contributed by atoms with E-state index in [1.807, 2.05) is 19.1 Å². The minimum Gasteiger partial charge on any atom is -0.497 e. The van der Waals surface area contributed by atoms with Crippen LogP contribution in [0.2, 0.25) is 0 Å². The Bertz CT molecular complexity index is 987. The first-order valence-electron chi connectivity index (χ1n) is 10.9. The minimum absolute atomic E-state index is 0.0731. The van der Waals surface area contributed by atoms with Crippen LogP contribution in [0, 0.1) is 6.92 Å². The highest BCUT2D eigenvalue weighted by Gasteiger charge is 2.33. The second kappa shape index (κ2) is 9.40. The molecule has 0 unspecified atom stereocenters. The molecule has 31 heavy (non-hydrogen) atoms. The molecule has 0 bridgehead atoms. The summed E-state index contributed by atoms with van der Waals surface area (Å²) in [6.45, 7) is 12.5. The van der Waals surface area contributed by atoms with Crippen LogP contribution in [-0.4, -0.2) is 55.3 Å². The first-order valence-corrected chi connectivity index (χ1v) is 10.9. The number of hydrogen-bond acceptors (Lipinski definition) is 6. The van der Waals surface area contributed by atoms with Gasteiger partial charge in [-0.15, -0.1) is 0 Å². The Morgan fingerprint density at radius 1 is 1.26 bits per heavy atom. The van der Waals surface area contributed by atoms with Crippen molar-refractivity contribution in [3.63, 3.8) is 0 Å². The van der Waals surface area contributed by atoms with Gasteiger partial charge < -0.3 is 19.2 Å². The molecule has 1 aromatic carbocycles. The lowest BCUT2D eigenvalue weighted by Gasteiger charge is -2.45. The number of ether oxygens (including phenoxy) is 2. The van der Waals surface area contributed by atoms with Crippen LogP contribution in [0.3, 0.4) is 0 Å². The number of amides is 1. The average Bonchev–Trinajstić information content (AvgIpc) is 2.71. The molecule has 2 atom stereocenters. The van der Waals surface area contributed by atoms with Crippen molar-refractivity contribution in [3.05, 3.63) is 39.7 Å². The molecule has 7 nitrogen and oxygen atoms in total. The Balaban J connectivity index is 1.62. The molecule has 2 heterocycles. The SMILES string of the molecule is COc1ccc2c(C)c(CCC(=O)NCC(C)(C)N3C[C@@H](C)O[C@H](C)C3)c(=O)oc2c1. The van der Waals surface area contributed by atoms with Gasteiger partial charge in [-0.2, -0.15) is 0 Å². The quantitative estimate of drug-likeness (QED) is 0.680. The van der Waals surface area contributed by atoms with Gasteiger partial charge >= 0.3 is 5.63 Å². The Hall–Kier alpha value is -2.38. The topological polar surface area (TPSA) is 81.0 Å². The Morgan fingerprint density at radius 2 is 1.94 bits per heavy atom. The molecule has 1 amide bonds. The fraction of sp³-hybridized carbons (Fsp3) is 0.583. The number of benzene rings is 1. The summed E-state index contributed by atoms with van der Waals surface area (Å²) in [5.74, 6) is 0.560. The molecule has 1 N–H and O–H groups in total. The number of rotatable bonds is 7. The molecule has 170 valence electrons. The maximum absolute atomic E-state index is 12.5. The van der Waals surface area contributed by atoms with Gasteiger partial charge in [0, 0.05) is 48.6 Å². The molecule has 1 aliphatic rings. The highest BCUT2D eigenvalue weighted by molar-refractivity contribution is 5.82. The van der Waals surface area contributed by atoms with E-state index in [0.29, 0.717) is 29.9 Å². The van der Waals surface area contributed by atoms with Crippen LogP contribution in [0.5, 0.6) is 5.75 Å². The number of fused-ring (bicyclic) bond motifs is 1. The summed E-state index contributed by atoms with van der Waals surface area (Å²) in [5, 5.41) is 3.89. The molecular weight excluding hydrogens is 396 g/mol. The van der Waals surface area contributed by atoms with E-state index in [1.54, 1.807) is 13.2 Å². The maximum Gasteiger partial charge on any atom is 0.339 e. The zero-order chi connectivity index (χ0) is 22.8. The van der Waals surface area contributed by atoms with Crippen molar-refractivity contribution in [2.75, 3.05) is 26.7 Å². The summed E-state index contributed by atoms with van der Waals surface area (Å²) in [4.78, 5) is 27.4. The predicted octanol–water partition coefficient (Wildman–Crippen LogP) is 3.05. The molecule has 1 aromatic heterocycles. The van der Waals surface area contributed by atoms with Crippen molar-refractivity contribution >= 4 is 16.9 Å². The zero-order valence-electron chi connectivity index (χ0n) is 19.4. The molecule has 0 spiro atoms. The van der Waals surface area contributed by atoms with Crippen LogP contribution < -0.4 is 15.7 Å². The monoisotopic (exact) mass is 430 g/mol. The Labute approximate surface area is 183 Å². The van der Waals surface area contributed by atoms with Gasteiger partial charge in [-0.3, -0.25) is 9.69 Å². The standard InChI is InChI=1S/C24H34N2O5/c1-15-12-26(13-16(2)30-15)24(4,5)14-25-22(27)10-9-20-17(3)19-8-7-18(29-6)11-21(19)31-23(20)28/h7-8,11,15-16H,9-10,12-14H2,1-6H3,(H,25,27)/t15-,16-/m1/s1. The van der Waals surface area contributed by atoms with Crippen LogP contribution >= 0.6 is 0 Å². The van der Waals surface area contributed by atoms with Gasteiger partial charge in [0.05, 0.1) is 19.3 Å². The van der Waals surface area contributed by atoms with E-state index in [9.17, 15) is 9.59 Å². The number of nitrogens with zero attached hydrogens (tertiary/aromatic N) is 1. The first kappa shape index (κ1) is 23.3. The van der Waals surface area contributed by atoms with E-state index >= 15 is 0 Å². The van der Waals surface area contributed by atoms with E-state index in [-0.39, 0.29) is 30.1 Å². The molecule has 0 aliphatic carbocycles. The second-order valence-electron chi connectivity index (χ2n) is 9.11. The van der Waals surface area contributed by atoms with E-state index in [1.165, 1.54) is 0 Å². The summed E-state index contributed by atoms with van der Waals surface area (Å²) >= 11 is 0. The lowest BCUT2D eigenvalue weighted by Crippen LogP contribution is -2.58. The fourth-order valence-corrected chi connectivity index (χ4v) is 4.22. The third kappa shape index (κ3) is 5.46. The highest BCUT2D eigenvalue weighted by Crippen LogP contribution is 2.24. The molecule has 1 fully saturated rings. The van der Waals surface area contributed by atoms with Gasteiger partial charge in [0.1, 0.15) is 11.3 Å². The van der Waals surface area contributed by atoms with Gasteiger partial charge in [-0.25, -0.2) is 4.79 Å². The van der Waals surface area contributed by atoms with Crippen LogP contribution in [0.1, 0.15) is 45.2 Å². The van der Waals surface area contributed by atoms with Crippen molar-refractivity contribution in [3.8, 4) is 5.75 Å². The van der Waals surface area contributed by atoms with Gasteiger partial charge in [-0.1, -0.05) is 0 Å². The van der Waals surface area contributed by atoms with E-state index < -0.39 is 5.63 Å². The number of carbonyl (C=O) groups excluding carboxylic acids is 1. The fourth-order valence-electron chi connectivity index (χ4n) is 4.22. The average molecular weight is 431 g/mol. The van der Waals surface area contributed by atoms with Crippen molar-refractivity contribution in [2.45, 2.75) is 65.2 Å². The molecule has 2 aromatic rings. The molecule has 1 saturated heterocycles. The van der Waals surface area contributed by atoms with E-state index in [4.69, 9.17) is 13.9 Å². The number of hydrogen-bond donors (Lipinski definition) is 1. The third-order valence-corrected chi connectivity index (χ3v) is 6.09. The third-order valence-electron chi connectivity index (χ3n) is 6.09. The van der Waals surface area contributed by atoms with Gasteiger partial charge in [0.15, 0.2) is 0 Å². The zero-order valence-corrected chi connectivity index (χ0v) is 19.4. The molecular formula is C24H34N2O5. The van der Waals surface area contributed by atoms with Crippen molar-refractivity contribution in [1.82, 2.24) is 10.2 Å². The van der Waals surface area contributed by atoms with Crippen LogP contribution in [0.15, 0.2) is 27.4 Å². The maximum atomic E-state index is 12.5. The molecule has 7 heteroatoms. The second-order valence-corrected chi connectivity index (χ2v) is 9.11. The summed E-state index contributed by atoms with van der Waals surface area (Å²) in [6, 6.07) is 5.42. The first-order chi connectivity index (χ1) is 14.6. The van der Waals surface area contributed by atoms with Crippen LogP contribution in [-0.2, 0) is 16.0 Å². The summed E-state index contributed by atoms with van der Waals surface area (Å²) in [5.41, 5.74) is 1.30. The number of nitrogens with one attached hydrogen (secondary N) is 1. The number of aryl methyl sites for hydroxylation is 1. The normalized spacial score (nSPS) is 20.1. The molecule has 0 radical (unpaired) electrons. The summed E-state index contributed by atoms with van der Waals surface area (Å²) in [7, 11) is 1.57. The Kier molecular flexibility index (Phi) is 7.06. The van der Waals surface area contributed by atoms with Gasteiger partial charge in [0.2, 0.25) is 5.91 Å². The van der Waals surface area contributed by atoms with E-state index in [2.05, 4.69) is 37.9 Å². The molecule has 3 rings (SSSR count). The summed E-state index contributed by atoms with van der Waals surface area (Å²) < 4.78 is 16.5. The van der Waals surface area contributed by atoms with E-state index in [0.717, 1.165) is 24.0 Å². The number of carbonyl (C=O) groups is 1. The van der Waals surface area contributed by atoms with Crippen LogP contribution in [0.4, 0.5) is 0 Å². The molecule has 0 saturated carbocycles. The minimum atomic E-state index is -0.400. The highest BCUT2D eigenvalue weighted by atomic mass is 16.5. The predicted molar refractivity (Wildman–Crippen MR) is 121 cm³/mol. The Morgan fingerprint density at radius 3 is 2.58 bits per heavy atom. The van der Waals surface area contributed by atoms with Gasteiger partial charge in [0.25, 0.3) is 0 Å². The lowest BCUT2D eigenvalue weighted by atomic mass is 9.99. The largest absolute Gasteiger partial charge is 0.497 e. The van der Waals surface area contributed by atoms with Crippen molar-refractivity contribution in [2.24, 2.45) is 0 Å². The van der Waals surface area contributed by atoms with Crippen molar-refractivity contribution < 1.29 is 18.7 Å². The lowest BCUT2D eigenvalue weighted by molar-refractivity contribution is -0.122. The molecule has 1 aliphatic heterocycles. The van der Waals surface area contributed by atoms with Crippen LogP contribution in [0.25, 0.3) is 11.0 Å².